The molecule has 0 radical (unpaired) electrons. The lowest BCUT2D eigenvalue weighted by molar-refractivity contribution is 0.528. The molecule has 18 heavy (non-hydrogen) atoms. The zero-order chi connectivity index (χ0) is 12.4. The predicted molar refractivity (Wildman–Crippen MR) is 78.3 cm³/mol. The smallest absolute Gasteiger partial charge is 0.0907 e. The van der Waals surface area contributed by atoms with Crippen LogP contribution in [0.5, 0.6) is 0 Å². The molecule has 2 nitrogen and oxygen atoms in total. The van der Waals surface area contributed by atoms with Crippen LogP contribution in [0.2, 0.25) is 0 Å². The van der Waals surface area contributed by atoms with Gasteiger partial charge in [0.05, 0.1) is 15.2 Å². The van der Waals surface area contributed by atoms with E-state index in [4.69, 9.17) is 0 Å². The highest BCUT2D eigenvalue weighted by Crippen LogP contribution is 2.22. The molecule has 0 aliphatic heterocycles. The first-order chi connectivity index (χ1) is 8.81. The molecule has 3 heteroatoms. The lowest BCUT2D eigenvalue weighted by Crippen LogP contribution is -2.27. The van der Waals surface area contributed by atoms with Gasteiger partial charge in [-0.15, -0.1) is 11.3 Å². The van der Waals surface area contributed by atoms with Gasteiger partial charge in [0, 0.05) is 6.04 Å². The fourth-order valence-electron chi connectivity index (χ4n) is 2.79. The molecule has 1 aromatic heterocycles. The van der Waals surface area contributed by atoms with Crippen molar-refractivity contribution >= 4 is 21.6 Å². The van der Waals surface area contributed by atoms with Crippen LogP contribution in [0.3, 0.4) is 0 Å². The number of rotatable bonds is 4. The van der Waals surface area contributed by atoms with Crippen molar-refractivity contribution in [1.82, 2.24) is 10.3 Å². The van der Waals surface area contributed by atoms with E-state index >= 15 is 0 Å². The lowest BCUT2D eigenvalue weighted by Gasteiger charge is -2.11. The lowest BCUT2D eigenvalue weighted by atomic mass is 10.1. The SMILES string of the molecule is Cc1nc2cc(CCNC3CCCC3)ccc2s1. The molecule has 1 aliphatic rings. The van der Waals surface area contributed by atoms with Crippen LogP contribution in [0.4, 0.5) is 0 Å². The number of nitrogens with zero attached hydrogens (tertiary/aromatic N) is 1. The molecule has 1 aromatic carbocycles. The molecule has 1 saturated carbocycles. The summed E-state index contributed by atoms with van der Waals surface area (Å²) in [6, 6.07) is 7.48. The zero-order valence-electron chi connectivity index (χ0n) is 10.9. The molecular formula is C15H20N2S. The van der Waals surface area contributed by atoms with Crippen LogP contribution in [0.15, 0.2) is 18.2 Å². The summed E-state index contributed by atoms with van der Waals surface area (Å²) in [4.78, 5) is 4.56. The normalized spacial score (nSPS) is 16.7. The van der Waals surface area contributed by atoms with Gasteiger partial charge >= 0.3 is 0 Å². The Morgan fingerprint density at radius 2 is 2.17 bits per heavy atom. The van der Waals surface area contributed by atoms with Gasteiger partial charge in [0.1, 0.15) is 0 Å². The summed E-state index contributed by atoms with van der Waals surface area (Å²) in [6.07, 6.45) is 6.65. The number of fused-ring (bicyclic) bond motifs is 1. The number of thiazole rings is 1. The van der Waals surface area contributed by atoms with Gasteiger partial charge in [-0.05, 0) is 50.4 Å². The zero-order valence-corrected chi connectivity index (χ0v) is 11.7. The number of aryl methyl sites for hydroxylation is 1. The van der Waals surface area contributed by atoms with Gasteiger partial charge in [-0.3, -0.25) is 0 Å². The van der Waals surface area contributed by atoms with E-state index in [-0.39, 0.29) is 0 Å². The highest BCUT2D eigenvalue weighted by molar-refractivity contribution is 7.18. The highest BCUT2D eigenvalue weighted by Gasteiger charge is 2.13. The summed E-state index contributed by atoms with van der Waals surface area (Å²) in [6.45, 7) is 3.17. The maximum Gasteiger partial charge on any atom is 0.0907 e. The van der Waals surface area contributed by atoms with Crippen LogP contribution < -0.4 is 5.32 Å². The van der Waals surface area contributed by atoms with Gasteiger partial charge in [-0.1, -0.05) is 18.9 Å². The molecule has 1 heterocycles. The number of aromatic nitrogens is 1. The van der Waals surface area contributed by atoms with Gasteiger partial charge in [-0.2, -0.15) is 0 Å². The van der Waals surface area contributed by atoms with Gasteiger partial charge in [0.2, 0.25) is 0 Å². The summed E-state index contributed by atoms with van der Waals surface area (Å²) < 4.78 is 1.31. The van der Waals surface area contributed by atoms with Crippen LogP contribution in [0, 0.1) is 6.92 Å². The molecule has 1 aliphatic carbocycles. The summed E-state index contributed by atoms with van der Waals surface area (Å²) in [5.41, 5.74) is 2.56. The average Bonchev–Trinajstić information content (AvgIpc) is 2.96. The van der Waals surface area contributed by atoms with Crippen LogP contribution in [0.1, 0.15) is 36.3 Å². The topological polar surface area (TPSA) is 24.9 Å². The van der Waals surface area contributed by atoms with E-state index in [0.29, 0.717) is 0 Å². The Labute approximate surface area is 112 Å². The van der Waals surface area contributed by atoms with Crippen molar-refractivity contribution in [2.45, 2.75) is 45.1 Å². The second-order valence-corrected chi connectivity index (χ2v) is 6.46. The third-order valence-electron chi connectivity index (χ3n) is 3.76. The predicted octanol–water partition coefficient (Wildman–Crippen LogP) is 3.68. The first kappa shape index (κ1) is 12.1. The third-order valence-corrected chi connectivity index (χ3v) is 4.71. The molecule has 0 spiro atoms. The fraction of sp³-hybridized carbons (Fsp3) is 0.533. The second kappa shape index (κ2) is 5.37. The minimum absolute atomic E-state index is 0.773. The van der Waals surface area contributed by atoms with E-state index in [9.17, 15) is 0 Å². The minimum Gasteiger partial charge on any atom is -0.314 e. The van der Waals surface area contributed by atoms with Gasteiger partial charge < -0.3 is 5.32 Å². The van der Waals surface area contributed by atoms with E-state index in [2.05, 4.69) is 35.4 Å². The molecule has 96 valence electrons. The summed E-state index contributed by atoms with van der Waals surface area (Å²) in [7, 11) is 0. The molecule has 0 saturated heterocycles. The van der Waals surface area contributed by atoms with E-state index < -0.39 is 0 Å². The molecule has 0 bridgehead atoms. The monoisotopic (exact) mass is 260 g/mol. The molecule has 1 fully saturated rings. The van der Waals surface area contributed by atoms with Gasteiger partial charge in [0.25, 0.3) is 0 Å². The number of hydrogen-bond acceptors (Lipinski definition) is 3. The molecule has 1 N–H and O–H groups in total. The maximum absolute atomic E-state index is 4.56. The van der Waals surface area contributed by atoms with Crippen LogP contribution in [-0.2, 0) is 6.42 Å². The summed E-state index contributed by atoms with van der Waals surface area (Å²) in [5, 5.41) is 4.82. The van der Waals surface area contributed by atoms with Crippen LogP contribution >= 0.6 is 11.3 Å². The first-order valence-electron chi connectivity index (χ1n) is 6.91. The molecule has 2 aromatic rings. The van der Waals surface area contributed by atoms with Crippen molar-refractivity contribution in [3.63, 3.8) is 0 Å². The van der Waals surface area contributed by atoms with Crippen molar-refractivity contribution in [2.75, 3.05) is 6.54 Å². The highest BCUT2D eigenvalue weighted by atomic mass is 32.1. The van der Waals surface area contributed by atoms with E-state index in [1.54, 1.807) is 11.3 Å². The summed E-state index contributed by atoms with van der Waals surface area (Å²) in [5.74, 6) is 0. The molecule has 3 rings (SSSR count). The molecule has 0 unspecified atom stereocenters. The third kappa shape index (κ3) is 2.73. The van der Waals surface area contributed by atoms with Crippen molar-refractivity contribution in [1.29, 1.82) is 0 Å². The van der Waals surface area contributed by atoms with Gasteiger partial charge in [0.15, 0.2) is 0 Å². The van der Waals surface area contributed by atoms with Crippen molar-refractivity contribution in [3.8, 4) is 0 Å². The Bertz CT molecular complexity index is 526. The van der Waals surface area contributed by atoms with Crippen molar-refractivity contribution < 1.29 is 0 Å². The molecule has 0 atom stereocenters. The van der Waals surface area contributed by atoms with Crippen LogP contribution in [0.25, 0.3) is 10.2 Å². The summed E-state index contributed by atoms with van der Waals surface area (Å²) >= 11 is 1.78. The number of nitrogens with one attached hydrogen (secondary N) is 1. The number of benzene rings is 1. The fourth-order valence-corrected chi connectivity index (χ4v) is 3.60. The van der Waals surface area contributed by atoms with Crippen LogP contribution in [-0.4, -0.2) is 17.6 Å². The average molecular weight is 260 g/mol. The standard InChI is InChI=1S/C15H20N2S/c1-11-17-14-10-12(6-7-15(14)18-11)8-9-16-13-4-2-3-5-13/h6-7,10,13,16H,2-5,8-9H2,1H3. The number of hydrogen-bond donors (Lipinski definition) is 1. The van der Waals surface area contributed by atoms with E-state index in [1.165, 1.54) is 35.9 Å². The molecular weight excluding hydrogens is 240 g/mol. The van der Waals surface area contributed by atoms with Crippen molar-refractivity contribution in [2.24, 2.45) is 0 Å². The minimum atomic E-state index is 0.773. The largest absolute Gasteiger partial charge is 0.314 e. The Hall–Kier alpha value is -0.930. The van der Waals surface area contributed by atoms with Crippen molar-refractivity contribution in [3.05, 3.63) is 28.8 Å². The first-order valence-corrected chi connectivity index (χ1v) is 7.72. The Morgan fingerprint density at radius 3 is 3.00 bits per heavy atom. The van der Waals surface area contributed by atoms with Gasteiger partial charge in [-0.25, -0.2) is 4.98 Å². The van der Waals surface area contributed by atoms with E-state index in [0.717, 1.165) is 29.5 Å². The Kier molecular flexibility index (Phi) is 3.62. The maximum atomic E-state index is 4.56. The second-order valence-electron chi connectivity index (χ2n) is 5.22. The Balaban J connectivity index is 1.59. The molecule has 0 amide bonds. The van der Waals surface area contributed by atoms with E-state index in [1.807, 2.05) is 0 Å². The Morgan fingerprint density at radius 1 is 1.33 bits per heavy atom. The quantitative estimate of drug-likeness (QED) is 0.907.